The van der Waals surface area contributed by atoms with Crippen LogP contribution in [0.2, 0.25) is 5.02 Å². The molecule has 0 spiro atoms. The summed E-state index contributed by atoms with van der Waals surface area (Å²) in [7, 11) is -1.60. The molecule has 7 nitrogen and oxygen atoms in total. The van der Waals surface area contributed by atoms with Crippen molar-refractivity contribution in [2.75, 3.05) is 23.9 Å². The van der Waals surface area contributed by atoms with Gasteiger partial charge in [-0.1, -0.05) is 23.7 Å². The van der Waals surface area contributed by atoms with Crippen molar-refractivity contribution in [1.29, 1.82) is 0 Å². The number of nitrogens with zero attached hydrogens (tertiary/aromatic N) is 2. The smallest absolute Gasteiger partial charge is 0.276 e. The fourth-order valence-corrected chi connectivity index (χ4v) is 5.76. The van der Waals surface area contributed by atoms with E-state index in [-0.39, 0.29) is 23.2 Å². The molecule has 4 rings (SSSR count). The fraction of sp³-hybridized carbons (Fsp3) is 0.304. The van der Waals surface area contributed by atoms with Gasteiger partial charge in [-0.15, -0.1) is 0 Å². The van der Waals surface area contributed by atoms with Crippen molar-refractivity contribution in [2.45, 2.75) is 26.3 Å². The molecule has 3 aromatic rings. The quantitative estimate of drug-likeness (QED) is 0.591. The number of aryl methyl sites for hydroxylation is 2. The van der Waals surface area contributed by atoms with Crippen LogP contribution >= 0.6 is 11.6 Å². The Morgan fingerprint density at radius 3 is 2.56 bits per heavy atom. The lowest BCUT2D eigenvalue weighted by molar-refractivity contribution is 0.102. The van der Waals surface area contributed by atoms with Gasteiger partial charge in [-0.05, 0) is 61.7 Å². The average molecular weight is 474 g/mol. The lowest BCUT2D eigenvalue weighted by Gasteiger charge is -2.14. The van der Waals surface area contributed by atoms with Crippen LogP contribution in [-0.4, -0.2) is 42.7 Å². The summed E-state index contributed by atoms with van der Waals surface area (Å²) in [5, 5.41) is 7.70. The van der Waals surface area contributed by atoms with Gasteiger partial charge in [-0.3, -0.25) is 9.48 Å². The minimum atomic E-state index is -3.12. The van der Waals surface area contributed by atoms with E-state index in [1.54, 1.807) is 28.9 Å². The molecule has 2 heterocycles. The highest BCUT2D eigenvalue weighted by molar-refractivity contribution is 7.91. The largest absolute Gasteiger partial charge is 0.495 e. The highest BCUT2D eigenvalue weighted by Crippen LogP contribution is 2.32. The summed E-state index contributed by atoms with van der Waals surface area (Å²) in [5.74, 6) is 0.238. The van der Waals surface area contributed by atoms with Crippen molar-refractivity contribution in [3.63, 3.8) is 0 Å². The SMILES string of the molecule is COc1ccc(NC(=O)c2cc(-c3ccc(C)c(C)c3)n(C3CCS(=O)(=O)C3)n2)cc1Cl. The molecule has 0 aliphatic carbocycles. The molecule has 0 saturated carbocycles. The Balaban J connectivity index is 1.70. The molecule has 1 aliphatic heterocycles. The highest BCUT2D eigenvalue weighted by Gasteiger charge is 2.32. The average Bonchev–Trinajstić information content (AvgIpc) is 3.33. The Morgan fingerprint density at radius 2 is 1.94 bits per heavy atom. The Bertz CT molecular complexity index is 1300. The molecule has 9 heteroatoms. The first-order valence-corrected chi connectivity index (χ1v) is 12.4. The van der Waals surface area contributed by atoms with Gasteiger partial charge >= 0.3 is 0 Å². The van der Waals surface area contributed by atoms with Crippen molar-refractivity contribution >= 4 is 33.0 Å². The van der Waals surface area contributed by atoms with Crippen LogP contribution in [0.1, 0.15) is 34.1 Å². The summed E-state index contributed by atoms with van der Waals surface area (Å²) < 4.78 is 31.0. The number of rotatable bonds is 5. The third-order valence-electron chi connectivity index (χ3n) is 5.73. The van der Waals surface area contributed by atoms with Crippen LogP contribution < -0.4 is 10.1 Å². The van der Waals surface area contributed by atoms with E-state index < -0.39 is 15.7 Å². The Kier molecular flexibility index (Phi) is 6.01. The Morgan fingerprint density at radius 1 is 1.16 bits per heavy atom. The van der Waals surface area contributed by atoms with Crippen LogP contribution in [0.25, 0.3) is 11.3 Å². The summed E-state index contributed by atoms with van der Waals surface area (Å²) in [6, 6.07) is 12.3. The number of methoxy groups -OCH3 is 1. The number of nitrogens with one attached hydrogen (secondary N) is 1. The number of carbonyl (C=O) groups is 1. The lowest BCUT2D eigenvalue weighted by atomic mass is 10.0. The second-order valence-electron chi connectivity index (χ2n) is 8.02. The fourth-order valence-electron chi connectivity index (χ4n) is 3.81. The zero-order valence-corrected chi connectivity index (χ0v) is 19.6. The van der Waals surface area contributed by atoms with Crippen molar-refractivity contribution in [3.05, 3.63) is 64.3 Å². The van der Waals surface area contributed by atoms with Gasteiger partial charge in [0, 0.05) is 11.3 Å². The molecular formula is C23H24ClN3O4S. The predicted octanol–water partition coefficient (Wildman–Crippen LogP) is 4.44. The van der Waals surface area contributed by atoms with Crippen LogP contribution in [0.15, 0.2) is 42.5 Å². The van der Waals surface area contributed by atoms with Crippen molar-refractivity contribution in [1.82, 2.24) is 9.78 Å². The molecule has 0 bridgehead atoms. The number of ether oxygens (including phenoxy) is 1. The molecule has 1 aromatic heterocycles. The second kappa shape index (κ2) is 8.60. The van der Waals surface area contributed by atoms with Gasteiger partial charge in [0.05, 0.1) is 35.4 Å². The van der Waals surface area contributed by atoms with Crippen LogP contribution in [0.3, 0.4) is 0 Å². The van der Waals surface area contributed by atoms with Crippen LogP contribution in [-0.2, 0) is 9.84 Å². The van der Waals surface area contributed by atoms with Crippen LogP contribution in [0.5, 0.6) is 5.75 Å². The molecule has 1 aliphatic rings. The van der Waals surface area contributed by atoms with Crippen molar-refractivity contribution in [3.8, 4) is 17.0 Å². The van der Waals surface area contributed by atoms with Gasteiger partial charge in [0.1, 0.15) is 5.75 Å². The maximum atomic E-state index is 13.0. The normalized spacial score (nSPS) is 17.3. The van der Waals surface area contributed by atoms with Gasteiger partial charge in [0.15, 0.2) is 15.5 Å². The number of aromatic nitrogens is 2. The summed E-state index contributed by atoms with van der Waals surface area (Å²) in [4.78, 5) is 13.0. The summed E-state index contributed by atoms with van der Waals surface area (Å²) >= 11 is 6.16. The molecule has 1 N–H and O–H groups in total. The molecule has 1 atom stereocenters. The molecule has 1 unspecified atom stereocenters. The number of anilines is 1. The van der Waals surface area contributed by atoms with E-state index in [9.17, 15) is 13.2 Å². The van der Waals surface area contributed by atoms with Crippen LogP contribution in [0, 0.1) is 13.8 Å². The maximum absolute atomic E-state index is 13.0. The number of benzene rings is 2. The van der Waals surface area contributed by atoms with E-state index in [1.165, 1.54) is 7.11 Å². The zero-order chi connectivity index (χ0) is 23.0. The molecule has 32 heavy (non-hydrogen) atoms. The Hall–Kier alpha value is -2.84. The number of carbonyl (C=O) groups excluding carboxylic acids is 1. The van der Waals surface area contributed by atoms with E-state index in [2.05, 4.69) is 10.4 Å². The first kappa shape index (κ1) is 22.4. The minimum Gasteiger partial charge on any atom is -0.495 e. The zero-order valence-electron chi connectivity index (χ0n) is 18.1. The van der Waals surface area contributed by atoms with Gasteiger partial charge in [-0.25, -0.2) is 8.42 Å². The molecule has 2 aromatic carbocycles. The van der Waals surface area contributed by atoms with Gasteiger partial charge < -0.3 is 10.1 Å². The summed E-state index contributed by atoms with van der Waals surface area (Å²) in [6.45, 7) is 4.04. The molecule has 168 valence electrons. The van der Waals surface area contributed by atoms with Crippen LogP contribution in [0.4, 0.5) is 5.69 Å². The van der Waals surface area contributed by atoms with E-state index in [4.69, 9.17) is 16.3 Å². The van der Waals surface area contributed by atoms with Crippen molar-refractivity contribution in [2.24, 2.45) is 0 Å². The third kappa shape index (κ3) is 4.52. The lowest BCUT2D eigenvalue weighted by Crippen LogP contribution is -2.16. The summed E-state index contributed by atoms with van der Waals surface area (Å²) in [5.41, 5.74) is 4.57. The number of amides is 1. The predicted molar refractivity (Wildman–Crippen MR) is 125 cm³/mol. The first-order chi connectivity index (χ1) is 15.2. The standard InChI is InChI=1S/C23H24ClN3O4S/c1-14-4-5-16(10-15(14)2)21-12-20(26-27(21)18-8-9-32(29,30)13-18)23(28)25-17-6-7-22(31-3)19(24)11-17/h4-7,10-12,18H,8-9,13H2,1-3H3,(H,25,28). The van der Waals surface area contributed by atoms with Gasteiger partial charge in [0.25, 0.3) is 5.91 Å². The van der Waals surface area contributed by atoms with Gasteiger partial charge in [-0.2, -0.15) is 5.10 Å². The second-order valence-corrected chi connectivity index (χ2v) is 10.7. The topological polar surface area (TPSA) is 90.3 Å². The van der Waals surface area contributed by atoms with E-state index in [0.717, 1.165) is 16.7 Å². The van der Waals surface area contributed by atoms with Crippen molar-refractivity contribution < 1.29 is 17.9 Å². The number of hydrogen-bond acceptors (Lipinski definition) is 5. The molecule has 1 fully saturated rings. The number of hydrogen-bond donors (Lipinski definition) is 1. The first-order valence-electron chi connectivity index (χ1n) is 10.2. The molecule has 1 amide bonds. The molecule has 0 radical (unpaired) electrons. The number of sulfone groups is 1. The Labute approximate surface area is 192 Å². The summed E-state index contributed by atoms with van der Waals surface area (Å²) in [6.07, 6.45) is 0.469. The van der Waals surface area contributed by atoms with E-state index in [0.29, 0.717) is 28.6 Å². The minimum absolute atomic E-state index is 0.0155. The highest BCUT2D eigenvalue weighted by atomic mass is 35.5. The molecule has 1 saturated heterocycles. The number of halogens is 1. The molecular weight excluding hydrogens is 450 g/mol. The monoisotopic (exact) mass is 473 g/mol. The van der Waals surface area contributed by atoms with E-state index >= 15 is 0 Å². The van der Waals surface area contributed by atoms with E-state index in [1.807, 2.05) is 32.0 Å². The maximum Gasteiger partial charge on any atom is 0.276 e. The van der Waals surface area contributed by atoms with Gasteiger partial charge in [0.2, 0.25) is 0 Å². The third-order valence-corrected chi connectivity index (χ3v) is 7.78.